The summed E-state index contributed by atoms with van der Waals surface area (Å²) < 4.78 is 0. The molecule has 1 N–H and O–H groups in total. The second kappa shape index (κ2) is 3.93. The zero-order chi connectivity index (χ0) is 11.7. The van der Waals surface area contributed by atoms with Crippen molar-refractivity contribution in [1.82, 2.24) is 5.32 Å². The topological polar surface area (TPSA) is 46.2 Å². The summed E-state index contributed by atoms with van der Waals surface area (Å²) in [5, 5.41) is 2.27. The van der Waals surface area contributed by atoms with Crippen LogP contribution in [-0.4, -0.2) is 11.8 Å². The van der Waals surface area contributed by atoms with Gasteiger partial charge in [-0.15, -0.1) is 0 Å². The van der Waals surface area contributed by atoms with Gasteiger partial charge in [-0.3, -0.25) is 14.9 Å². The van der Waals surface area contributed by atoms with E-state index >= 15 is 0 Å². The fourth-order valence-corrected chi connectivity index (χ4v) is 1.80. The summed E-state index contributed by atoms with van der Waals surface area (Å²) in [5.41, 5.74) is 3.83. The minimum Gasteiger partial charge on any atom is -0.292 e. The average Bonchev–Trinajstić information content (AvgIpc) is 2.50. The zero-order valence-electron chi connectivity index (χ0n) is 9.33. The Bertz CT molecular complexity index is 501. The van der Waals surface area contributed by atoms with Crippen molar-refractivity contribution in [3.8, 4) is 0 Å². The number of benzene rings is 1. The Hall–Kier alpha value is -1.90. The van der Waals surface area contributed by atoms with Crippen molar-refractivity contribution in [3.05, 3.63) is 40.5 Å². The van der Waals surface area contributed by atoms with E-state index in [1.54, 1.807) is 6.08 Å². The second-order valence-corrected chi connectivity index (χ2v) is 4.08. The van der Waals surface area contributed by atoms with Gasteiger partial charge >= 0.3 is 0 Å². The summed E-state index contributed by atoms with van der Waals surface area (Å²) in [6.45, 7) is 4.02. The molecule has 0 saturated carbocycles. The fraction of sp³-hybridized carbons (Fsp3) is 0.231. The van der Waals surface area contributed by atoms with Crippen LogP contribution in [0.3, 0.4) is 0 Å². The van der Waals surface area contributed by atoms with Crippen molar-refractivity contribution in [2.45, 2.75) is 20.3 Å². The Morgan fingerprint density at radius 3 is 2.56 bits per heavy atom. The Balaban J connectivity index is 2.36. The van der Waals surface area contributed by atoms with Gasteiger partial charge in [0.15, 0.2) is 0 Å². The predicted octanol–water partition coefficient (Wildman–Crippen LogP) is 1.73. The molecule has 0 radical (unpaired) electrons. The molecular formula is C13H13NO2. The van der Waals surface area contributed by atoms with Crippen LogP contribution in [-0.2, 0) is 9.59 Å². The van der Waals surface area contributed by atoms with Crippen molar-refractivity contribution in [1.29, 1.82) is 0 Å². The van der Waals surface area contributed by atoms with Crippen LogP contribution in [0, 0.1) is 13.8 Å². The van der Waals surface area contributed by atoms with Gasteiger partial charge in [-0.05, 0) is 31.1 Å². The van der Waals surface area contributed by atoms with Crippen molar-refractivity contribution in [2.75, 3.05) is 0 Å². The van der Waals surface area contributed by atoms with Gasteiger partial charge in [0.1, 0.15) is 0 Å². The smallest absolute Gasteiger partial charge is 0.254 e. The lowest BCUT2D eigenvalue weighted by Crippen LogP contribution is -2.19. The Morgan fingerprint density at radius 1 is 1.25 bits per heavy atom. The van der Waals surface area contributed by atoms with E-state index in [2.05, 4.69) is 11.4 Å². The van der Waals surface area contributed by atoms with Crippen LogP contribution in [0.1, 0.15) is 23.1 Å². The molecule has 82 valence electrons. The van der Waals surface area contributed by atoms with Crippen molar-refractivity contribution in [2.24, 2.45) is 0 Å². The monoisotopic (exact) mass is 215 g/mol. The maximum absolute atomic E-state index is 11.4. The highest BCUT2D eigenvalue weighted by Gasteiger charge is 2.23. The Labute approximate surface area is 94.2 Å². The summed E-state index contributed by atoms with van der Waals surface area (Å²) in [6.07, 6.45) is 1.97. The molecule has 0 atom stereocenters. The summed E-state index contributed by atoms with van der Waals surface area (Å²) in [4.78, 5) is 22.4. The van der Waals surface area contributed by atoms with Crippen LogP contribution in [0.4, 0.5) is 0 Å². The fourth-order valence-electron chi connectivity index (χ4n) is 1.80. The second-order valence-electron chi connectivity index (χ2n) is 4.08. The van der Waals surface area contributed by atoms with Crippen molar-refractivity contribution in [3.63, 3.8) is 0 Å². The van der Waals surface area contributed by atoms with Crippen LogP contribution in [0.15, 0.2) is 23.8 Å². The van der Waals surface area contributed by atoms with Crippen molar-refractivity contribution < 1.29 is 9.59 Å². The maximum Gasteiger partial charge on any atom is 0.254 e. The number of rotatable bonds is 1. The zero-order valence-corrected chi connectivity index (χ0v) is 9.33. The van der Waals surface area contributed by atoms with Gasteiger partial charge in [-0.25, -0.2) is 0 Å². The first kappa shape index (κ1) is 10.6. The number of aryl methyl sites for hydroxylation is 2. The van der Waals surface area contributed by atoms with E-state index in [0.717, 1.165) is 11.1 Å². The van der Waals surface area contributed by atoms with Gasteiger partial charge in [0.25, 0.3) is 5.91 Å². The summed E-state index contributed by atoms with van der Waals surface area (Å²) in [7, 11) is 0. The van der Waals surface area contributed by atoms with E-state index in [1.807, 2.05) is 26.0 Å². The molecule has 2 amide bonds. The molecule has 16 heavy (non-hydrogen) atoms. The minimum absolute atomic E-state index is 0.187. The molecule has 2 rings (SSSR count). The summed E-state index contributed by atoms with van der Waals surface area (Å²) >= 11 is 0. The molecule has 0 spiro atoms. The third kappa shape index (κ3) is 2.03. The number of carbonyl (C=O) groups excluding carboxylic acids is 2. The molecule has 1 aliphatic rings. The molecule has 0 aliphatic carbocycles. The first-order valence-corrected chi connectivity index (χ1v) is 5.18. The molecular weight excluding hydrogens is 202 g/mol. The summed E-state index contributed by atoms with van der Waals surface area (Å²) in [6, 6.07) is 6.02. The van der Waals surface area contributed by atoms with E-state index in [-0.39, 0.29) is 18.2 Å². The van der Waals surface area contributed by atoms with E-state index in [1.165, 1.54) is 5.56 Å². The van der Waals surface area contributed by atoms with Gasteiger partial charge in [0, 0.05) is 5.57 Å². The molecule has 0 aromatic heterocycles. The Morgan fingerprint density at radius 2 is 2.00 bits per heavy atom. The van der Waals surface area contributed by atoms with Crippen LogP contribution in [0.5, 0.6) is 0 Å². The highest BCUT2D eigenvalue weighted by Crippen LogP contribution is 2.18. The number of imide groups is 1. The molecule has 0 bridgehead atoms. The lowest BCUT2D eigenvalue weighted by atomic mass is 10.0. The van der Waals surface area contributed by atoms with Crippen LogP contribution in [0.2, 0.25) is 0 Å². The van der Waals surface area contributed by atoms with E-state index in [0.29, 0.717) is 5.57 Å². The van der Waals surface area contributed by atoms with Crippen LogP contribution in [0.25, 0.3) is 6.08 Å². The molecule has 1 saturated heterocycles. The van der Waals surface area contributed by atoms with E-state index in [4.69, 9.17) is 0 Å². The van der Waals surface area contributed by atoms with E-state index < -0.39 is 0 Å². The quantitative estimate of drug-likeness (QED) is 0.573. The van der Waals surface area contributed by atoms with E-state index in [9.17, 15) is 9.59 Å². The predicted molar refractivity (Wildman–Crippen MR) is 61.7 cm³/mol. The average molecular weight is 215 g/mol. The van der Waals surface area contributed by atoms with Gasteiger partial charge in [0.05, 0.1) is 6.42 Å². The molecule has 1 aromatic rings. The number of hydrogen-bond donors (Lipinski definition) is 1. The maximum atomic E-state index is 11.4. The highest BCUT2D eigenvalue weighted by atomic mass is 16.2. The van der Waals surface area contributed by atoms with Gasteiger partial charge in [-0.2, -0.15) is 0 Å². The summed E-state index contributed by atoms with van der Waals surface area (Å²) in [5.74, 6) is -0.494. The lowest BCUT2D eigenvalue weighted by Gasteiger charge is -2.02. The molecule has 1 aromatic carbocycles. The standard InChI is InChI=1S/C13H13NO2/c1-8-3-4-10(9(2)5-8)6-11-7-12(15)14-13(11)16/h3-6H,7H2,1-2H3,(H,14,15,16). The number of carbonyl (C=O) groups is 2. The third-order valence-electron chi connectivity index (χ3n) is 2.65. The first-order chi connectivity index (χ1) is 7.56. The van der Waals surface area contributed by atoms with Crippen molar-refractivity contribution >= 4 is 17.9 Å². The molecule has 3 nitrogen and oxygen atoms in total. The molecule has 1 heterocycles. The number of amides is 2. The number of hydrogen-bond acceptors (Lipinski definition) is 2. The highest BCUT2D eigenvalue weighted by molar-refractivity contribution is 6.15. The first-order valence-electron chi connectivity index (χ1n) is 5.18. The molecule has 0 unspecified atom stereocenters. The largest absolute Gasteiger partial charge is 0.292 e. The third-order valence-corrected chi connectivity index (χ3v) is 2.65. The van der Waals surface area contributed by atoms with Crippen LogP contribution < -0.4 is 5.32 Å². The van der Waals surface area contributed by atoms with Gasteiger partial charge < -0.3 is 0 Å². The lowest BCUT2D eigenvalue weighted by molar-refractivity contribution is -0.124. The Kier molecular flexibility index (Phi) is 2.60. The SMILES string of the molecule is Cc1ccc(C=C2CC(=O)NC2=O)c(C)c1. The molecule has 1 fully saturated rings. The molecule has 1 aliphatic heterocycles. The van der Waals surface area contributed by atoms with Gasteiger partial charge in [-0.1, -0.05) is 23.8 Å². The molecule has 3 heteroatoms. The normalized spacial score (nSPS) is 18.0. The minimum atomic E-state index is -0.273. The van der Waals surface area contributed by atoms with Gasteiger partial charge in [0.2, 0.25) is 5.91 Å². The number of nitrogens with one attached hydrogen (secondary N) is 1. The van der Waals surface area contributed by atoms with Crippen LogP contribution >= 0.6 is 0 Å².